The average Bonchev–Trinajstić information content (AvgIpc) is 2.29. The molecule has 2 fully saturated rings. The summed E-state index contributed by atoms with van der Waals surface area (Å²) in [7, 11) is 0. The minimum Gasteiger partial charge on any atom is -0.393 e. The first-order valence-corrected chi connectivity index (χ1v) is 7.29. The van der Waals surface area contributed by atoms with Gasteiger partial charge in [-0.25, -0.2) is 0 Å². The van der Waals surface area contributed by atoms with Crippen molar-refractivity contribution in [1.82, 2.24) is 0 Å². The number of rotatable bonds is 2. The zero-order valence-electron chi connectivity index (χ0n) is 11.7. The first kappa shape index (κ1) is 13.4. The molecule has 100 valence electrons. The molecule has 1 saturated carbocycles. The number of ether oxygens (including phenoxy) is 1. The van der Waals surface area contributed by atoms with Crippen molar-refractivity contribution < 1.29 is 9.84 Å². The molecule has 1 atom stereocenters. The van der Waals surface area contributed by atoms with E-state index in [1.807, 2.05) is 0 Å². The second-order valence-electron chi connectivity index (χ2n) is 6.79. The fraction of sp³-hybridized carbons (Fsp3) is 1.00. The van der Waals surface area contributed by atoms with Crippen LogP contribution in [-0.4, -0.2) is 23.4 Å². The number of hydrogen-bond donors (Lipinski definition) is 1. The Hall–Kier alpha value is -0.0800. The van der Waals surface area contributed by atoms with E-state index < -0.39 is 0 Å². The van der Waals surface area contributed by atoms with Crippen LogP contribution in [0.15, 0.2) is 0 Å². The van der Waals surface area contributed by atoms with Gasteiger partial charge in [0, 0.05) is 13.0 Å². The highest BCUT2D eigenvalue weighted by Crippen LogP contribution is 2.47. The quantitative estimate of drug-likeness (QED) is 0.800. The molecule has 0 aromatic heterocycles. The first-order valence-electron chi connectivity index (χ1n) is 7.29. The highest BCUT2D eigenvalue weighted by atomic mass is 16.5. The molecule has 0 bridgehead atoms. The van der Waals surface area contributed by atoms with Gasteiger partial charge < -0.3 is 9.84 Å². The largest absolute Gasteiger partial charge is 0.393 e. The zero-order valence-corrected chi connectivity index (χ0v) is 11.7. The monoisotopic (exact) mass is 240 g/mol. The lowest BCUT2D eigenvalue weighted by atomic mass is 9.65. The maximum atomic E-state index is 9.82. The van der Waals surface area contributed by atoms with E-state index in [9.17, 15) is 5.11 Å². The molecule has 1 saturated heterocycles. The van der Waals surface area contributed by atoms with Crippen molar-refractivity contribution in [2.24, 2.45) is 11.3 Å². The van der Waals surface area contributed by atoms with E-state index in [4.69, 9.17) is 4.74 Å². The number of aliphatic hydroxyl groups is 1. The van der Waals surface area contributed by atoms with Crippen LogP contribution in [0.3, 0.4) is 0 Å². The van der Waals surface area contributed by atoms with Gasteiger partial charge in [0.05, 0.1) is 11.7 Å². The lowest BCUT2D eigenvalue weighted by Gasteiger charge is -2.47. The third-order valence-corrected chi connectivity index (χ3v) is 5.38. The molecule has 2 heteroatoms. The van der Waals surface area contributed by atoms with Crippen molar-refractivity contribution in [2.45, 2.75) is 77.4 Å². The van der Waals surface area contributed by atoms with Crippen LogP contribution in [0.25, 0.3) is 0 Å². The minimum absolute atomic E-state index is 0.0258. The van der Waals surface area contributed by atoms with Gasteiger partial charge in [0.25, 0.3) is 0 Å². The second kappa shape index (κ2) is 4.89. The topological polar surface area (TPSA) is 29.5 Å². The summed E-state index contributed by atoms with van der Waals surface area (Å²) >= 11 is 0. The van der Waals surface area contributed by atoms with E-state index >= 15 is 0 Å². The average molecular weight is 240 g/mol. The summed E-state index contributed by atoms with van der Waals surface area (Å²) in [4.78, 5) is 0. The van der Waals surface area contributed by atoms with E-state index in [1.54, 1.807) is 0 Å². The van der Waals surface area contributed by atoms with Crippen molar-refractivity contribution in [3.8, 4) is 0 Å². The highest BCUT2D eigenvalue weighted by molar-refractivity contribution is 4.94. The Labute approximate surface area is 106 Å². The predicted molar refractivity (Wildman–Crippen MR) is 70.0 cm³/mol. The SMILES string of the molecule is CCC(C)(C)C1CCC2(CC1)CC(O)CCO2. The summed E-state index contributed by atoms with van der Waals surface area (Å²) in [5, 5.41) is 9.82. The molecular formula is C15H28O2. The van der Waals surface area contributed by atoms with Crippen LogP contribution < -0.4 is 0 Å². The molecule has 17 heavy (non-hydrogen) atoms. The summed E-state index contributed by atoms with van der Waals surface area (Å²) in [6.07, 6.45) is 7.67. The lowest BCUT2D eigenvalue weighted by Crippen LogP contribution is -2.46. The van der Waals surface area contributed by atoms with E-state index in [1.165, 1.54) is 19.3 Å². The Kier molecular flexibility index (Phi) is 3.84. The molecule has 1 aliphatic heterocycles. The molecule has 0 aromatic carbocycles. The lowest BCUT2D eigenvalue weighted by molar-refractivity contribution is -0.145. The maximum Gasteiger partial charge on any atom is 0.0707 e. The van der Waals surface area contributed by atoms with Gasteiger partial charge in [-0.1, -0.05) is 27.2 Å². The summed E-state index contributed by atoms with van der Waals surface area (Å²) < 4.78 is 6.01. The van der Waals surface area contributed by atoms with Crippen molar-refractivity contribution in [2.75, 3.05) is 6.61 Å². The van der Waals surface area contributed by atoms with Crippen molar-refractivity contribution in [3.63, 3.8) is 0 Å². The maximum absolute atomic E-state index is 9.82. The van der Waals surface area contributed by atoms with E-state index in [0.717, 1.165) is 38.2 Å². The van der Waals surface area contributed by atoms with Gasteiger partial charge in [0.2, 0.25) is 0 Å². The molecule has 1 heterocycles. The third-order valence-electron chi connectivity index (χ3n) is 5.38. The first-order chi connectivity index (χ1) is 7.97. The Bertz CT molecular complexity index is 252. The van der Waals surface area contributed by atoms with Crippen LogP contribution in [0.5, 0.6) is 0 Å². The summed E-state index contributed by atoms with van der Waals surface area (Å²) in [5.41, 5.74) is 0.493. The van der Waals surface area contributed by atoms with Crippen LogP contribution in [0.1, 0.15) is 65.7 Å². The standard InChI is InChI=1S/C15H28O2/c1-4-14(2,3)12-5-8-15(9-6-12)11-13(16)7-10-17-15/h12-13,16H,4-11H2,1-3H3. The molecule has 1 spiro atoms. The molecule has 0 aromatic rings. The fourth-order valence-electron chi connectivity index (χ4n) is 3.56. The number of aliphatic hydroxyl groups excluding tert-OH is 1. The van der Waals surface area contributed by atoms with Gasteiger partial charge in [-0.2, -0.15) is 0 Å². The highest BCUT2D eigenvalue weighted by Gasteiger charge is 2.42. The van der Waals surface area contributed by atoms with Crippen LogP contribution in [0.2, 0.25) is 0 Å². The molecule has 1 unspecified atom stereocenters. The van der Waals surface area contributed by atoms with Crippen molar-refractivity contribution in [1.29, 1.82) is 0 Å². The molecule has 2 nitrogen and oxygen atoms in total. The Morgan fingerprint density at radius 2 is 1.88 bits per heavy atom. The van der Waals surface area contributed by atoms with Crippen LogP contribution in [0, 0.1) is 11.3 Å². The van der Waals surface area contributed by atoms with Crippen LogP contribution in [-0.2, 0) is 4.74 Å². The molecule has 0 radical (unpaired) electrons. The molecule has 2 rings (SSSR count). The van der Waals surface area contributed by atoms with E-state index in [-0.39, 0.29) is 11.7 Å². The Morgan fingerprint density at radius 1 is 1.24 bits per heavy atom. The smallest absolute Gasteiger partial charge is 0.0707 e. The Morgan fingerprint density at radius 3 is 2.41 bits per heavy atom. The predicted octanol–water partition coefficient (Wildman–Crippen LogP) is 3.52. The van der Waals surface area contributed by atoms with Crippen LogP contribution in [0.4, 0.5) is 0 Å². The fourth-order valence-corrected chi connectivity index (χ4v) is 3.56. The normalized spacial score (nSPS) is 39.5. The van der Waals surface area contributed by atoms with Gasteiger partial charge in [-0.3, -0.25) is 0 Å². The molecule has 1 N–H and O–H groups in total. The van der Waals surface area contributed by atoms with Gasteiger partial charge in [-0.05, 0) is 43.4 Å². The number of hydrogen-bond acceptors (Lipinski definition) is 2. The van der Waals surface area contributed by atoms with Gasteiger partial charge in [0.15, 0.2) is 0 Å². The molecule has 0 amide bonds. The molecule has 1 aliphatic carbocycles. The van der Waals surface area contributed by atoms with Gasteiger partial charge >= 0.3 is 0 Å². The van der Waals surface area contributed by atoms with Gasteiger partial charge in [0.1, 0.15) is 0 Å². The summed E-state index contributed by atoms with van der Waals surface area (Å²) in [6, 6.07) is 0. The minimum atomic E-state index is -0.125. The summed E-state index contributed by atoms with van der Waals surface area (Å²) in [6.45, 7) is 7.84. The third kappa shape index (κ3) is 2.85. The van der Waals surface area contributed by atoms with Gasteiger partial charge in [-0.15, -0.1) is 0 Å². The molecule has 2 aliphatic rings. The van der Waals surface area contributed by atoms with E-state index in [2.05, 4.69) is 20.8 Å². The molecular weight excluding hydrogens is 212 g/mol. The van der Waals surface area contributed by atoms with Crippen LogP contribution >= 0.6 is 0 Å². The zero-order chi connectivity index (χ0) is 12.5. The summed E-state index contributed by atoms with van der Waals surface area (Å²) in [5.74, 6) is 0.834. The Balaban J connectivity index is 1.93. The van der Waals surface area contributed by atoms with E-state index in [0.29, 0.717) is 5.41 Å². The van der Waals surface area contributed by atoms with Crippen molar-refractivity contribution in [3.05, 3.63) is 0 Å². The second-order valence-corrected chi connectivity index (χ2v) is 6.79. The van der Waals surface area contributed by atoms with Crippen molar-refractivity contribution >= 4 is 0 Å².